The molecule has 0 bridgehead atoms. The van der Waals surface area contributed by atoms with E-state index in [2.05, 4.69) is 67.7 Å². The summed E-state index contributed by atoms with van der Waals surface area (Å²) in [6.45, 7) is 1.52. The smallest absolute Gasteiger partial charge is 0.170 e. The van der Waals surface area contributed by atoms with Crippen LogP contribution in [0.25, 0.3) is 5.69 Å². The van der Waals surface area contributed by atoms with Gasteiger partial charge in [-0.3, -0.25) is 4.90 Å². The van der Waals surface area contributed by atoms with E-state index in [1.807, 2.05) is 30.3 Å². The van der Waals surface area contributed by atoms with Crippen LogP contribution in [0.3, 0.4) is 0 Å². The minimum Gasteiger partial charge on any atom is -0.295 e. The molecule has 22 heavy (non-hydrogen) atoms. The van der Waals surface area contributed by atoms with Crippen molar-refractivity contribution >= 4 is 15.9 Å². The van der Waals surface area contributed by atoms with Crippen LogP contribution >= 0.6 is 15.9 Å². The zero-order valence-corrected chi connectivity index (χ0v) is 13.8. The molecule has 0 aliphatic carbocycles. The standard InChI is InChI=1S/C16H16BrN5/c1-21(11-13-7-9-14(17)10-8-13)12-16-18-19-20-22(16)15-5-3-2-4-6-15/h2-10H,11-12H2,1H3. The Labute approximate surface area is 137 Å². The summed E-state index contributed by atoms with van der Waals surface area (Å²) in [6.07, 6.45) is 0. The minimum absolute atomic E-state index is 0.679. The molecule has 0 unspecified atom stereocenters. The highest BCUT2D eigenvalue weighted by atomic mass is 79.9. The van der Waals surface area contributed by atoms with E-state index in [4.69, 9.17) is 0 Å². The third-order valence-corrected chi connectivity index (χ3v) is 3.84. The van der Waals surface area contributed by atoms with E-state index in [1.54, 1.807) is 4.68 Å². The first-order chi connectivity index (χ1) is 10.7. The van der Waals surface area contributed by atoms with Gasteiger partial charge in [0, 0.05) is 11.0 Å². The first-order valence-electron chi connectivity index (χ1n) is 6.98. The topological polar surface area (TPSA) is 46.8 Å². The molecule has 2 aromatic carbocycles. The Morgan fingerprint density at radius 2 is 1.73 bits per heavy atom. The Hall–Kier alpha value is -2.05. The third-order valence-electron chi connectivity index (χ3n) is 3.31. The van der Waals surface area contributed by atoms with Gasteiger partial charge in [-0.1, -0.05) is 46.3 Å². The molecular formula is C16H16BrN5. The highest BCUT2D eigenvalue weighted by Crippen LogP contribution is 2.13. The molecule has 0 atom stereocenters. The van der Waals surface area contributed by atoms with Gasteiger partial charge in [-0.05, 0) is 47.3 Å². The van der Waals surface area contributed by atoms with Gasteiger partial charge < -0.3 is 0 Å². The van der Waals surface area contributed by atoms with E-state index < -0.39 is 0 Å². The van der Waals surface area contributed by atoms with Crippen LogP contribution in [0.1, 0.15) is 11.4 Å². The lowest BCUT2D eigenvalue weighted by Gasteiger charge is -2.16. The molecule has 0 aliphatic heterocycles. The normalized spacial score (nSPS) is 11.0. The molecule has 112 valence electrons. The van der Waals surface area contributed by atoms with Gasteiger partial charge in [0.2, 0.25) is 0 Å². The number of benzene rings is 2. The van der Waals surface area contributed by atoms with Gasteiger partial charge in [-0.2, -0.15) is 4.68 Å². The summed E-state index contributed by atoms with van der Waals surface area (Å²) in [7, 11) is 2.06. The summed E-state index contributed by atoms with van der Waals surface area (Å²) >= 11 is 3.45. The van der Waals surface area contributed by atoms with E-state index in [0.717, 1.165) is 22.5 Å². The lowest BCUT2D eigenvalue weighted by Crippen LogP contribution is -2.20. The fourth-order valence-corrected chi connectivity index (χ4v) is 2.54. The lowest BCUT2D eigenvalue weighted by atomic mass is 10.2. The van der Waals surface area contributed by atoms with E-state index in [1.165, 1.54) is 5.56 Å². The van der Waals surface area contributed by atoms with E-state index in [-0.39, 0.29) is 0 Å². The number of aromatic nitrogens is 4. The zero-order valence-electron chi connectivity index (χ0n) is 12.2. The lowest BCUT2D eigenvalue weighted by molar-refractivity contribution is 0.307. The molecule has 0 fully saturated rings. The van der Waals surface area contributed by atoms with Crippen LogP contribution in [-0.2, 0) is 13.1 Å². The van der Waals surface area contributed by atoms with Crippen molar-refractivity contribution in [1.29, 1.82) is 0 Å². The number of nitrogens with zero attached hydrogens (tertiary/aromatic N) is 5. The Kier molecular flexibility index (Phi) is 4.60. The van der Waals surface area contributed by atoms with E-state index >= 15 is 0 Å². The maximum Gasteiger partial charge on any atom is 0.170 e. The molecule has 3 rings (SSSR count). The highest BCUT2D eigenvalue weighted by Gasteiger charge is 2.11. The van der Waals surface area contributed by atoms with Crippen LogP contribution < -0.4 is 0 Å². The average Bonchev–Trinajstić information content (AvgIpc) is 2.98. The quantitative estimate of drug-likeness (QED) is 0.703. The molecule has 5 nitrogen and oxygen atoms in total. The predicted molar refractivity (Wildman–Crippen MR) is 88.5 cm³/mol. The number of rotatable bonds is 5. The van der Waals surface area contributed by atoms with Gasteiger partial charge in [0.25, 0.3) is 0 Å². The third kappa shape index (κ3) is 3.58. The van der Waals surface area contributed by atoms with Gasteiger partial charge in [0.05, 0.1) is 12.2 Å². The SMILES string of the molecule is CN(Cc1ccc(Br)cc1)Cc1nnnn1-c1ccccc1. The second kappa shape index (κ2) is 6.81. The summed E-state index contributed by atoms with van der Waals surface area (Å²) in [5.74, 6) is 0.825. The summed E-state index contributed by atoms with van der Waals surface area (Å²) in [6, 6.07) is 18.3. The largest absolute Gasteiger partial charge is 0.295 e. The zero-order chi connectivity index (χ0) is 15.4. The van der Waals surface area contributed by atoms with Crippen molar-refractivity contribution in [3.05, 3.63) is 70.5 Å². The van der Waals surface area contributed by atoms with Crippen molar-refractivity contribution in [1.82, 2.24) is 25.1 Å². The predicted octanol–water partition coefficient (Wildman–Crippen LogP) is 3.06. The molecule has 3 aromatic rings. The summed E-state index contributed by atoms with van der Waals surface area (Å²) < 4.78 is 2.87. The molecule has 6 heteroatoms. The molecule has 0 saturated carbocycles. The first-order valence-corrected chi connectivity index (χ1v) is 7.77. The summed E-state index contributed by atoms with van der Waals surface area (Å²) in [5, 5.41) is 12.0. The van der Waals surface area contributed by atoms with Crippen LogP contribution in [0.2, 0.25) is 0 Å². The Bertz CT molecular complexity index is 724. The van der Waals surface area contributed by atoms with E-state index in [9.17, 15) is 0 Å². The second-order valence-corrected chi connectivity index (χ2v) is 6.06. The van der Waals surface area contributed by atoms with Crippen LogP contribution in [-0.4, -0.2) is 32.2 Å². The first kappa shape index (κ1) is 14.9. The number of para-hydroxylation sites is 1. The van der Waals surface area contributed by atoms with Crippen molar-refractivity contribution in [3.8, 4) is 5.69 Å². The molecule has 0 aliphatic rings. The Morgan fingerprint density at radius 1 is 1.00 bits per heavy atom. The summed E-state index contributed by atoms with van der Waals surface area (Å²) in [5.41, 5.74) is 2.23. The van der Waals surface area contributed by atoms with Crippen LogP contribution in [0.5, 0.6) is 0 Å². The molecule has 0 saturated heterocycles. The summed E-state index contributed by atoms with van der Waals surface area (Å²) in [4.78, 5) is 2.19. The Morgan fingerprint density at radius 3 is 2.45 bits per heavy atom. The van der Waals surface area contributed by atoms with E-state index in [0.29, 0.717) is 6.54 Å². The number of tetrazole rings is 1. The van der Waals surface area contributed by atoms with Gasteiger partial charge in [-0.25, -0.2) is 0 Å². The molecule has 0 spiro atoms. The van der Waals surface area contributed by atoms with Crippen LogP contribution in [0, 0.1) is 0 Å². The Balaban J connectivity index is 1.71. The number of hydrogen-bond donors (Lipinski definition) is 0. The molecule has 1 aromatic heterocycles. The fourth-order valence-electron chi connectivity index (χ4n) is 2.27. The minimum atomic E-state index is 0.679. The maximum atomic E-state index is 4.14. The van der Waals surface area contributed by atoms with Crippen molar-refractivity contribution in [2.24, 2.45) is 0 Å². The monoisotopic (exact) mass is 357 g/mol. The molecular weight excluding hydrogens is 342 g/mol. The molecule has 0 N–H and O–H groups in total. The van der Waals surface area contributed by atoms with Gasteiger partial charge in [0.15, 0.2) is 5.82 Å². The van der Waals surface area contributed by atoms with Gasteiger partial charge in [0.1, 0.15) is 0 Å². The van der Waals surface area contributed by atoms with Gasteiger partial charge in [-0.15, -0.1) is 5.10 Å². The van der Waals surface area contributed by atoms with Crippen LogP contribution in [0.4, 0.5) is 0 Å². The van der Waals surface area contributed by atoms with Crippen molar-refractivity contribution in [2.75, 3.05) is 7.05 Å². The molecule has 1 heterocycles. The average molecular weight is 358 g/mol. The number of halogens is 1. The number of hydrogen-bond acceptors (Lipinski definition) is 4. The molecule has 0 amide bonds. The van der Waals surface area contributed by atoms with Gasteiger partial charge >= 0.3 is 0 Å². The van der Waals surface area contributed by atoms with Crippen molar-refractivity contribution in [2.45, 2.75) is 13.1 Å². The second-order valence-electron chi connectivity index (χ2n) is 5.14. The maximum absolute atomic E-state index is 4.14. The van der Waals surface area contributed by atoms with Crippen LogP contribution in [0.15, 0.2) is 59.1 Å². The van der Waals surface area contributed by atoms with Crippen molar-refractivity contribution < 1.29 is 0 Å². The van der Waals surface area contributed by atoms with Crippen molar-refractivity contribution in [3.63, 3.8) is 0 Å². The highest BCUT2D eigenvalue weighted by molar-refractivity contribution is 9.10. The fraction of sp³-hybridized carbons (Fsp3) is 0.188. The molecule has 0 radical (unpaired) electrons.